The minimum atomic E-state index is -0.749. The van der Waals surface area contributed by atoms with Crippen molar-refractivity contribution in [3.05, 3.63) is 87.3 Å². The summed E-state index contributed by atoms with van der Waals surface area (Å²) in [5.74, 6) is 12.5. The lowest BCUT2D eigenvalue weighted by Gasteiger charge is -2.30. The Balaban J connectivity index is 0.991. The van der Waals surface area contributed by atoms with Gasteiger partial charge < -0.3 is 30.5 Å². The summed E-state index contributed by atoms with van der Waals surface area (Å²) in [6.07, 6.45) is 7.30. The molecular weight excluding hydrogens is 747 g/mol. The minimum Gasteiger partial charge on any atom is -0.387 e. The molecule has 12 nitrogen and oxygen atoms in total. The minimum absolute atomic E-state index is 0.128. The van der Waals surface area contributed by atoms with Crippen molar-refractivity contribution in [2.24, 2.45) is 10.9 Å². The molecule has 2 unspecified atom stereocenters. The van der Waals surface area contributed by atoms with Gasteiger partial charge in [-0.2, -0.15) is 0 Å². The van der Waals surface area contributed by atoms with Crippen molar-refractivity contribution in [1.29, 1.82) is 0 Å². The van der Waals surface area contributed by atoms with Crippen LogP contribution in [0, 0.1) is 29.6 Å². The first-order valence-electron chi connectivity index (χ1n) is 18.8. The molecule has 2 saturated heterocycles. The normalized spacial score (nSPS) is 18.8. The average molecular weight is 790 g/mol. The molecule has 4 aromatic rings. The van der Waals surface area contributed by atoms with E-state index in [1.54, 1.807) is 40.0 Å². The Morgan fingerprint density at radius 1 is 0.911 bits per heavy atom. The molecule has 0 saturated carbocycles. The Bertz CT molecular complexity index is 2330. The van der Waals surface area contributed by atoms with E-state index in [4.69, 9.17) is 4.99 Å². The Hall–Kier alpha value is -5.54. The predicted molar refractivity (Wildman–Crippen MR) is 217 cm³/mol. The number of carbonyl (C=O) groups is 4. The average Bonchev–Trinajstić information content (AvgIpc) is 4.04. The van der Waals surface area contributed by atoms with Crippen molar-refractivity contribution in [1.82, 2.24) is 30.4 Å². The molecule has 0 aliphatic carbocycles. The van der Waals surface area contributed by atoms with E-state index in [1.807, 2.05) is 59.8 Å². The number of aromatic nitrogens is 2. The number of allylic oxidation sites excluding steroid dienone is 1. The van der Waals surface area contributed by atoms with Crippen LogP contribution in [0.25, 0.3) is 9.40 Å². The Kier molecular flexibility index (Phi) is 11.8. The molecule has 288 valence electrons. The Labute approximate surface area is 333 Å². The van der Waals surface area contributed by atoms with Crippen LogP contribution in [-0.4, -0.2) is 86.0 Å². The second-order valence-corrected chi connectivity index (χ2v) is 16.2. The molecule has 7 rings (SSSR count). The summed E-state index contributed by atoms with van der Waals surface area (Å²) in [5, 5.41) is 18.8. The molecule has 1 aromatic carbocycles. The monoisotopic (exact) mass is 789 g/mol. The van der Waals surface area contributed by atoms with Gasteiger partial charge in [-0.15, -0.1) is 22.7 Å². The number of aliphatic hydroxyl groups is 1. The second-order valence-electron chi connectivity index (χ2n) is 14.5. The van der Waals surface area contributed by atoms with E-state index in [9.17, 15) is 24.3 Å². The number of nitrogens with one attached hydrogen (secondary N) is 3. The van der Waals surface area contributed by atoms with E-state index in [-0.39, 0.29) is 35.7 Å². The van der Waals surface area contributed by atoms with E-state index in [2.05, 4.69) is 44.3 Å². The number of aliphatic hydroxyl groups excluding tert-OH is 1. The van der Waals surface area contributed by atoms with Crippen molar-refractivity contribution < 1.29 is 24.3 Å². The zero-order valence-electron chi connectivity index (χ0n) is 31.4. The maximum absolute atomic E-state index is 13.8. The number of H-pyrrole nitrogens is 1. The fraction of sp³-hybridized carbons (Fsp3) is 0.381. The van der Waals surface area contributed by atoms with Crippen molar-refractivity contribution in [3.63, 3.8) is 0 Å². The standard InChI is InChI=1S/C42H43N7O5S2/c1-25(2)36(47-35(52)22-50)41(53)49-18-8-12-34(49)40-44-21-31(46-40)16-15-30-24-56-38-29(23-55-39(30)38)14-13-27-19-32(43-20-27)33-11-7-17-48(33)42(54)37(45-26(3)51)28-9-5-4-6-10-28/h4-6,9-10,20-21,23-25,33-34,36-37,50H,7-8,11-12,17-19,22H2,1-3H3,(H,44,46)(H,45,51)(H,47,52)/t33?,34?,36-,37+/m0/s1. The van der Waals surface area contributed by atoms with E-state index in [0.29, 0.717) is 31.0 Å². The summed E-state index contributed by atoms with van der Waals surface area (Å²) < 4.78 is 2.13. The van der Waals surface area contributed by atoms with Crippen LogP contribution in [0.2, 0.25) is 0 Å². The Morgan fingerprint density at radius 2 is 1.57 bits per heavy atom. The third kappa shape index (κ3) is 8.33. The van der Waals surface area contributed by atoms with Gasteiger partial charge in [-0.1, -0.05) is 61.9 Å². The van der Waals surface area contributed by atoms with Gasteiger partial charge in [0, 0.05) is 54.7 Å². The van der Waals surface area contributed by atoms with Crippen molar-refractivity contribution in [3.8, 4) is 23.7 Å². The van der Waals surface area contributed by atoms with E-state index in [1.165, 1.54) is 6.92 Å². The van der Waals surface area contributed by atoms with Gasteiger partial charge in [0.05, 0.1) is 38.8 Å². The van der Waals surface area contributed by atoms with E-state index < -0.39 is 24.6 Å². The van der Waals surface area contributed by atoms with Crippen molar-refractivity contribution in [2.45, 2.75) is 77.0 Å². The number of hydrogen-bond donors (Lipinski definition) is 4. The molecule has 56 heavy (non-hydrogen) atoms. The molecule has 6 heterocycles. The van der Waals surface area contributed by atoms with Crippen LogP contribution in [0.1, 0.15) is 93.2 Å². The smallest absolute Gasteiger partial charge is 0.250 e. The number of carbonyl (C=O) groups excluding carboxylic acids is 4. The summed E-state index contributed by atoms with van der Waals surface area (Å²) >= 11 is 3.20. The number of rotatable bonds is 9. The van der Waals surface area contributed by atoms with E-state index in [0.717, 1.165) is 63.1 Å². The second kappa shape index (κ2) is 17.1. The van der Waals surface area contributed by atoms with Gasteiger partial charge in [-0.25, -0.2) is 4.98 Å². The topological polar surface area (TPSA) is 160 Å². The van der Waals surface area contributed by atoms with Crippen LogP contribution in [-0.2, 0) is 19.2 Å². The number of fused-ring (bicyclic) bond motifs is 1. The highest BCUT2D eigenvalue weighted by atomic mass is 32.1. The molecule has 0 radical (unpaired) electrons. The quantitative estimate of drug-likeness (QED) is 0.178. The van der Waals surface area contributed by atoms with Gasteiger partial charge in [0.1, 0.15) is 30.2 Å². The lowest BCUT2D eigenvalue weighted by atomic mass is 10.0. The first kappa shape index (κ1) is 38.7. The van der Waals surface area contributed by atoms with Crippen molar-refractivity contribution >= 4 is 61.4 Å². The largest absolute Gasteiger partial charge is 0.387 e. The molecule has 3 aliphatic heterocycles. The summed E-state index contributed by atoms with van der Waals surface area (Å²) in [4.78, 5) is 67.4. The zero-order valence-corrected chi connectivity index (χ0v) is 33.1. The Morgan fingerprint density at radius 3 is 2.23 bits per heavy atom. The predicted octanol–water partition coefficient (Wildman–Crippen LogP) is 4.83. The first-order valence-corrected chi connectivity index (χ1v) is 20.5. The number of nitrogens with zero attached hydrogens (tertiary/aromatic N) is 4. The molecule has 2 fully saturated rings. The van der Waals surface area contributed by atoms with Gasteiger partial charge in [0.2, 0.25) is 23.6 Å². The van der Waals surface area contributed by atoms with Gasteiger partial charge >= 0.3 is 0 Å². The van der Waals surface area contributed by atoms with Crippen molar-refractivity contribution in [2.75, 3.05) is 19.7 Å². The number of aliphatic imine (C=N–C) groups is 1. The zero-order chi connectivity index (χ0) is 39.3. The van der Waals surface area contributed by atoms with Crippen LogP contribution in [0.3, 0.4) is 0 Å². The molecule has 4 N–H and O–H groups in total. The molecular formula is C42H43N7O5S2. The fourth-order valence-electron chi connectivity index (χ4n) is 7.48. The number of hydrogen-bond acceptors (Lipinski definition) is 9. The number of benzene rings is 1. The lowest BCUT2D eigenvalue weighted by Crippen LogP contribution is -2.51. The number of thiophene rings is 2. The molecule has 0 bridgehead atoms. The SMILES string of the molecule is CC(=O)N[C@@H](C(=O)N1CCCC1C1=NC=C(C#Cc2csc3c(C#Cc4cnc(C5CCCN5C(=O)[C@@H](NC(=O)CO)C(C)C)[nH]4)csc23)C1)c1ccccc1. The highest BCUT2D eigenvalue weighted by molar-refractivity contribution is 7.26. The summed E-state index contributed by atoms with van der Waals surface area (Å²) in [5.41, 5.74) is 5.04. The third-order valence-electron chi connectivity index (χ3n) is 10.2. The van der Waals surface area contributed by atoms with Crippen LogP contribution in [0.15, 0.2) is 64.1 Å². The molecule has 0 spiro atoms. The molecule has 4 atom stereocenters. The molecule has 14 heteroatoms. The van der Waals surface area contributed by atoms with Crippen LogP contribution in [0.5, 0.6) is 0 Å². The summed E-state index contributed by atoms with van der Waals surface area (Å²) in [6.45, 7) is 5.65. The van der Waals surface area contributed by atoms with Gasteiger partial charge in [0.25, 0.3) is 0 Å². The maximum atomic E-state index is 13.8. The van der Waals surface area contributed by atoms with Crippen LogP contribution in [0.4, 0.5) is 0 Å². The molecule has 4 amide bonds. The number of imidazole rings is 1. The third-order valence-corrected chi connectivity index (χ3v) is 12.4. The van der Waals surface area contributed by atoms with Gasteiger partial charge in [-0.3, -0.25) is 24.2 Å². The first-order chi connectivity index (χ1) is 27.1. The maximum Gasteiger partial charge on any atom is 0.250 e. The number of aromatic amines is 1. The molecule has 3 aliphatic rings. The number of amides is 4. The highest BCUT2D eigenvalue weighted by Crippen LogP contribution is 2.35. The fourth-order valence-corrected chi connectivity index (χ4v) is 9.65. The van der Waals surface area contributed by atoms with Gasteiger partial charge in [0.15, 0.2) is 0 Å². The number of likely N-dealkylation sites (tertiary alicyclic amines) is 2. The summed E-state index contributed by atoms with van der Waals surface area (Å²) in [7, 11) is 0. The highest BCUT2D eigenvalue weighted by Gasteiger charge is 2.38. The van der Waals surface area contributed by atoms with E-state index >= 15 is 0 Å². The summed E-state index contributed by atoms with van der Waals surface area (Å²) in [6, 6.07) is 7.46. The van der Waals surface area contributed by atoms with Crippen LogP contribution >= 0.6 is 22.7 Å². The van der Waals surface area contributed by atoms with Gasteiger partial charge in [-0.05, 0) is 43.1 Å². The van der Waals surface area contributed by atoms with Crippen LogP contribution < -0.4 is 10.6 Å². The molecule has 3 aromatic heterocycles. The lowest BCUT2D eigenvalue weighted by molar-refractivity contribution is -0.139.